The summed E-state index contributed by atoms with van der Waals surface area (Å²) in [5, 5.41) is 0. The van der Waals surface area contributed by atoms with Crippen molar-refractivity contribution in [2.45, 2.75) is 19.4 Å². The minimum atomic E-state index is -0.458. The Balaban J connectivity index is 1.87. The second-order valence-electron chi connectivity index (χ2n) is 4.77. The summed E-state index contributed by atoms with van der Waals surface area (Å²) in [6.07, 6.45) is 0.112. The van der Waals surface area contributed by atoms with E-state index in [9.17, 15) is 9.59 Å². The van der Waals surface area contributed by atoms with Crippen molar-refractivity contribution in [2.24, 2.45) is 0 Å². The smallest absolute Gasteiger partial charge is 0.338 e. The summed E-state index contributed by atoms with van der Waals surface area (Å²) >= 11 is 0. The van der Waals surface area contributed by atoms with Gasteiger partial charge in [-0.2, -0.15) is 0 Å². The van der Waals surface area contributed by atoms with Crippen molar-refractivity contribution >= 4 is 11.9 Å². The molecule has 0 aliphatic carbocycles. The minimum absolute atomic E-state index is 0.0444. The van der Waals surface area contributed by atoms with Crippen molar-refractivity contribution in [3.8, 4) is 0 Å². The molecule has 0 bridgehead atoms. The summed E-state index contributed by atoms with van der Waals surface area (Å²) in [4.78, 5) is 23.8. The molecule has 0 spiro atoms. The van der Waals surface area contributed by atoms with E-state index in [1.165, 1.54) is 0 Å². The fourth-order valence-electron chi connectivity index (χ4n) is 1.86. The van der Waals surface area contributed by atoms with Gasteiger partial charge < -0.3 is 9.47 Å². The van der Waals surface area contributed by atoms with Crippen LogP contribution in [0.25, 0.3) is 0 Å². The minimum Gasteiger partial charge on any atom is -0.458 e. The van der Waals surface area contributed by atoms with E-state index in [0.717, 1.165) is 0 Å². The highest BCUT2D eigenvalue weighted by atomic mass is 16.6. The predicted molar refractivity (Wildman–Crippen MR) is 82.7 cm³/mol. The van der Waals surface area contributed by atoms with Crippen LogP contribution in [0.15, 0.2) is 60.7 Å². The van der Waals surface area contributed by atoms with Gasteiger partial charge in [-0.25, -0.2) is 9.59 Å². The van der Waals surface area contributed by atoms with Crippen LogP contribution in [0.5, 0.6) is 0 Å². The topological polar surface area (TPSA) is 52.6 Å². The Kier molecular flexibility index (Phi) is 5.72. The maximum absolute atomic E-state index is 12.0. The van der Waals surface area contributed by atoms with E-state index in [1.807, 2.05) is 19.1 Å². The predicted octanol–water partition coefficient (Wildman–Crippen LogP) is 3.48. The van der Waals surface area contributed by atoms with Crippen molar-refractivity contribution in [3.63, 3.8) is 0 Å². The molecule has 0 amide bonds. The number of esters is 2. The first-order valence-electron chi connectivity index (χ1n) is 7.19. The van der Waals surface area contributed by atoms with Gasteiger partial charge in [0.1, 0.15) is 12.7 Å². The molecular weight excluding hydrogens is 280 g/mol. The van der Waals surface area contributed by atoms with Crippen molar-refractivity contribution in [1.29, 1.82) is 0 Å². The van der Waals surface area contributed by atoms with E-state index in [2.05, 4.69) is 0 Å². The second-order valence-corrected chi connectivity index (χ2v) is 4.77. The van der Waals surface area contributed by atoms with Gasteiger partial charge in [0.2, 0.25) is 0 Å². The van der Waals surface area contributed by atoms with Crippen molar-refractivity contribution in [3.05, 3.63) is 71.8 Å². The van der Waals surface area contributed by atoms with Crippen LogP contribution in [-0.2, 0) is 9.47 Å². The number of carbonyl (C=O) groups is 2. The van der Waals surface area contributed by atoms with Gasteiger partial charge in [-0.15, -0.1) is 0 Å². The van der Waals surface area contributed by atoms with Crippen LogP contribution in [-0.4, -0.2) is 24.6 Å². The molecule has 0 heterocycles. The molecule has 0 saturated heterocycles. The summed E-state index contributed by atoms with van der Waals surface area (Å²) in [5.74, 6) is -0.835. The van der Waals surface area contributed by atoms with Gasteiger partial charge in [0.25, 0.3) is 0 Å². The maximum Gasteiger partial charge on any atom is 0.338 e. The van der Waals surface area contributed by atoms with E-state index in [4.69, 9.17) is 9.47 Å². The van der Waals surface area contributed by atoms with Gasteiger partial charge >= 0.3 is 11.9 Å². The third-order valence-corrected chi connectivity index (χ3v) is 3.15. The number of benzene rings is 2. The van der Waals surface area contributed by atoms with Crippen molar-refractivity contribution in [1.82, 2.24) is 0 Å². The van der Waals surface area contributed by atoms with Gasteiger partial charge in [-0.3, -0.25) is 0 Å². The van der Waals surface area contributed by atoms with E-state index >= 15 is 0 Å². The van der Waals surface area contributed by atoms with Gasteiger partial charge in [0, 0.05) is 0 Å². The summed E-state index contributed by atoms with van der Waals surface area (Å²) in [6.45, 7) is 1.92. The summed E-state index contributed by atoms with van der Waals surface area (Å²) in [7, 11) is 0. The fourth-order valence-corrected chi connectivity index (χ4v) is 1.86. The molecule has 0 aliphatic heterocycles. The molecular formula is C18H18O4. The Hall–Kier alpha value is -2.62. The quantitative estimate of drug-likeness (QED) is 0.766. The highest BCUT2D eigenvalue weighted by Gasteiger charge is 2.17. The summed E-state index contributed by atoms with van der Waals surface area (Å²) < 4.78 is 10.6. The number of carbonyl (C=O) groups excluding carboxylic acids is 2. The largest absolute Gasteiger partial charge is 0.458 e. The van der Waals surface area contributed by atoms with Crippen LogP contribution in [0.4, 0.5) is 0 Å². The Morgan fingerprint density at radius 2 is 1.36 bits per heavy atom. The summed E-state index contributed by atoms with van der Waals surface area (Å²) in [6, 6.07) is 17.5. The molecule has 22 heavy (non-hydrogen) atoms. The first-order chi connectivity index (χ1) is 10.7. The monoisotopic (exact) mass is 298 g/mol. The number of hydrogen-bond donors (Lipinski definition) is 0. The zero-order valence-corrected chi connectivity index (χ0v) is 12.4. The molecule has 0 aliphatic rings. The lowest BCUT2D eigenvalue weighted by Gasteiger charge is -2.16. The van der Waals surface area contributed by atoms with Gasteiger partial charge in [-0.1, -0.05) is 43.3 Å². The van der Waals surface area contributed by atoms with Crippen LogP contribution in [0.2, 0.25) is 0 Å². The molecule has 0 saturated carbocycles. The first-order valence-corrected chi connectivity index (χ1v) is 7.19. The highest BCUT2D eigenvalue weighted by molar-refractivity contribution is 5.90. The lowest BCUT2D eigenvalue weighted by Crippen LogP contribution is -2.24. The molecule has 0 aromatic heterocycles. The van der Waals surface area contributed by atoms with Crippen LogP contribution >= 0.6 is 0 Å². The van der Waals surface area contributed by atoms with Gasteiger partial charge in [0.05, 0.1) is 11.1 Å². The van der Waals surface area contributed by atoms with Crippen LogP contribution in [0.3, 0.4) is 0 Å². The van der Waals surface area contributed by atoms with Crippen molar-refractivity contribution < 1.29 is 19.1 Å². The molecule has 4 nitrogen and oxygen atoms in total. The standard InChI is InChI=1S/C18H18O4/c1-2-16(22-18(20)15-11-7-4-8-12-15)13-21-17(19)14-9-5-3-6-10-14/h3-12,16H,2,13H2,1H3/t16-/m0/s1. The zero-order chi connectivity index (χ0) is 15.8. The van der Waals surface area contributed by atoms with Gasteiger partial charge in [-0.05, 0) is 30.7 Å². The molecule has 4 heteroatoms. The van der Waals surface area contributed by atoms with Crippen LogP contribution < -0.4 is 0 Å². The van der Waals surface area contributed by atoms with E-state index in [0.29, 0.717) is 17.5 Å². The molecule has 0 radical (unpaired) electrons. The Morgan fingerprint density at radius 3 is 1.86 bits per heavy atom. The molecule has 2 aromatic rings. The molecule has 0 unspecified atom stereocenters. The molecule has 0 N–H and O–H groups in total. The third kappa shape index (κ3) is 4.45. The van der Waals surface area contributed by atoms with Crippen LogP contribution in [0, 0.1) is 0 Å². The van der Waals surface area contributed by atoms with E-state index < -0.39 is 18.0 Å². The average Bonchev–Trinajstić information content (AvgIpc) is 2.59. The zero-order valence-electron chi connectivity index (χ0n) is 12.4. The van der Waals surface area contributed by atoms with Crippen molar-refractivity contribution in [2.75, 3.05) is 6.61 Å². The SMILES string of the molecule is CC[C@@H](COC(=O)c1ccccc1)OC(=O)c1ccccc1. The fraction of sp³-hybridized carbons (Fsp3) is 0.222. The number of ether oxygens (including phenoxy) is 2. The molecule has 0 fully saturated rings. The lowest BCUT2D eigenvalue weighted by atomic mass is 10.2. The summed E-state index contributed by atoms with van der Waals surface area (Å²) in [5.41, 5.74) is 0.960. The second kappa shape index (κ2) is 7.98. The molecule has 2 rings (SSSR count). The lowest BCUT2D eigenvalue weighted by molar-refractivity contribution is -0.00145. The first kappa shape index (κ1) is 15.8. The van der Waals surface area contributed by atoms with E-state index in [-0.39, 0.29) is 6.61 Å². The molecule has 1 atom stereocenters. The Labute approximate surface area is 129 Å². The maximum atomic E-state index is 12.0. The van der Waals surface area contributed by atoms with Crippen LogP contribution in [0.1, 0.15) is 34.1 Å². The third-order valence-electron chi connectivity index (χ3n) is 3.15. The van der Waals surface area contributed by atoms with E-state index in [1.54, 1.807) is 48.5 Å². The Morgan fingerprint density at radius 1 is 0.864 bits per heavy atom. The highest BCUT2D eigenvalue weighted by Crippen LogP contribution is 2.08. The Bertz CT molecular complexity index is 607. The molecule has 2 aromatic carbocycles. The molecule has 114 valence electrons. The van der Waals surface area contributed by atoms with Gasteiger partial charge in [0.15, 0.2) is 0 Å². The average molecular weight is 298 g/mol. The number of hydrogen-bond acceptors (Lipinski definition) is 4. The number of rotatable bonds is 6. The normalized spacial score (nSPS) is 11.5.